The number of anilines is 1. The molecule has 0 spiro atoms. The number of amides is 1. The molecule has 1 amide bonds. The molecule has 3 rings (SSSR count). The molecule has 0 unspecified atom stereocenters. The van der Waals surface area contributed by atoms with E-state index in [2.05, 4.69) is 0 Å². The van der Waals surface area contributed by atoms with Gasteiger partial charge in [-0.15, -0.1) is 16.5 Å². The van der Waals surface area contributed by atoms with Gasteiger partial charge in [0.25, 0.3) is 5.91 Å². The number of nitrogens with zero attached hydrogens (tertiary/aromatic N) is 1. The molecule has 150 valence electrons. The van der Waals surface area contributed by atoms with E-state index in [-0.39, 0.29) is 10.00 Å². The van der Waals surface area contributed by atoms with Gasteiger partial charge in [-0.1, -0.05) is 35.1 Å². The molecule has 0 bridgehead atoms. The average Bonchev–Trinajstić information content (AvgIpc) is 3.21. The summed E-state index contributed by atoms with van der Waals surface area (Å²) in [5, 5.41) is 0.134. The van der Waals surface area contributed by atoms with E-state index in [0.29, 0.717) is 34.1 Å². The van der Waals surface area contributed by atoms with Gasteiger partial charge in [0.05, 0.1) is 17.0 Å². The van der Waals surface area contributed by atoms with Crippen molar-refractivity contribution in [3.63, 3.8) is 0 Å². The lowest BCUT2D eigenvalue weighted by Gasteiger charge is -2.11. The minimum absolute atomic E-state index is 0.0563. The molecule has 0 aliphatic heterocycles. The fraction of sp³-hybridized carbons (Fsp3) is 0.143. The summed E-state index contributed by atoms with van der Waals surface area (Å²) in [6.07, 6.45) is 0.699. The number of benzene rings is 2. The Morgan fingerprint density at radius 1 is 1.14 bits per heavy atom. The molecular formula is C21H16ClF2NO3S. The lowest BCUT2D eigenvalue weighted by molar-refractivity contribution is 0.0505. The second-order valence-electron chi connectivity index (χ2n) is 6.03. The number of esters is 1. The lowest BCUT2D eigenvalue weighted by atomic mass is 10.1. The van der Waals surface area contributed by atoms with Gasteiger partial charge < -0.3 is 4.74 Å². The van der Waals surface area contributed by atoms with Crippen LogP contribution < -0.4 is 5.12 Å². The summed E-state index contributed by atoms with van der Waals surface area (Å²) in [4.78, 5) is 25.1. The number of ether oxygens (including phenoxy) is 1. The highest BCUT2D eigenvalue weighted by Gasteiger charge is 2.23. The molecule has 1 aromatic heterocycles. The molecule has 4 nitrogen and oxygen atoms in total. The molecular weight excluding hydrogens is 420 g/mol. The number of hydrogen-bond donors (Lipinski definition) is 0. The predicted molar refractivity (Wildman–Crippen MR) is 110 cm³/mol. The van der Waals surface area contributed by atoms with E-state index in [1.54, 1.807) is 24.3 Å². The molecule has 0 aliphatic rings. The van der Waals surface area contributed by atoms with E-state index in [9.17, 15) is 18.5 Å². The Kier molecular flexibility index (Phi) is 6.61. The zero-order valence-corrected chi connectivity index (χ0v) is 16.9. The SMILES string of the molecule is CCCOC(=O)c1ccc(Cl)c(-c2ccc(C(=O)N(F)c3ccccc3F)s2)c1. The first-order chi connectivity index (χ1) is 13.9. The van der Waals surface area contributed by atoms with E-state index in [0.717, 1.165) is 17.4 Å². The Balaban J connectivity index is 1.87. The van der Waals surface area contributed by atoms with Gasteiger partial charge in [-0.3, -0.25) is 4.79 Å². The molecule has 0 saturated carbocycles. The van der Waals surface area contributed by atoms with Crippen molar-refractivity contribution in [2.24, 2.45) is 0 Å². The molecule has 29 heavy (non-hydrogen) atoms. The van der Waals surface area contributed by atoms with Crippen molar-refractivity contribution in [2.45, 2.75) is 13.3 Å². The van der Waals surface area contributed by atoms with Gasteiger partial charge in [-0.05, 0) is 48.9 Å². The molecule has 0 N–H and O–H groups in total. The molecule has 0 saturated heterocycles. The van der Waals surface area contributed by atoms with Gasteiger partial charge in [0.15, 0.2) is 0 Å². The Morgan fingerprint density at radius 3 is 2.62 bits per heavy atom. The third-order valence-electron chi connectivity index (χ3n) is 3.96. The van der Waals surface area contributed by atoms with E-state index < -0.39 is 23.4 Å². The summed E-state index contributed by atoms with van der Waals surface area (Å²) < 4.78 is 33.3. The van der Waals surface area contributed by atoms with E-state index in [1.165, 1.54) is 24.3 Å². The highest BCUT2D eigenvalue weighted by Crippen LogP contribution is 2.35. The summed E-state index contributed by atoms with van der Waals surface area (Å²) in [5.41, 5.74) is 0.363. The third kappa shape index (κ3) is 4.63. The van der Waals surface area contributed by atoms with Gasteiger partial charge in [-0.25, -0.2) is 9.18 Å². The number of rotatable bonds is 6. The fourth-order valence-corrected chi connectivity index (χ4v) is 3.76. The van der Waals surface area contributed by atoms with Gasteiger partial charge in [-0.2, -0.15) is 0 Å². The standard InChI is InChI=1S/C21H16ClF2NO3S/c1-2-11-28-21(27)13-7-8-15(22)14(12-13)18-9-10-19(29-18)20(26)25(24)17-6-4-3-5-16(17)23/h3-10,12H,2,11H2,1H3. The van der Waals surface area contributed by atoms with Crippen molar-refractivity contribution in [1.29, 1.82) is 0 Å². The maximum Gasteiger partial charge on any atom is 0.338 e. The van der Waals surface area contributed by atoms with Gasteiger partial charge in [0.1, 0.15) is 11.5 Å². The van der Waals surface area contributed by atoms with Crippen LogP contribution in [0.5, 0.6) is 0 Å². The second-order valence-corrected chi connectivity index (χ2v) is 7.52. The first kappa shape index (κ1) is 21.0. The average molecular weight is 436 g/mol. The van der Waals surface area contributed by atoms with Crippen LogP contribution in [0.1, 0.15) is 33.4 Å². The molecule has 1 heterocycles. The van der Waals surface area contributed by atoms with Crippen LogP contribution in [-0.2, 0) is 4.74 Å². The van der Waals surface area contributed by atoms with E-state index in [1.807, 2.05) is 6.92 Å². The van der Waals surface area contributed by atoms with Crippen LogP contribution in [0.4, 0.5) is 14.6 Å². The number of carbonyl (C=O) groups is 2. The summed E-state index contributed by atoms with van der Waals surface area (Å²) in [6.45, 7) is 2.19. The van der Waals surface area contributed by atoms with Gasteiger partial charge in [0, 0.05) is 15.5 Å². The zero-order chi connectivity index (χ0) is 21.0. The molecule has 0 aliphatic carbocycles. The highest BCUT2D eigenvalue weighted by atomic mass is 35.5. The Morgan fingerprint density at radius 2 is 1.90 bits per heavy atom. The largest absolute Gasteiger partial charge is 0.462 e. The summed E-state index contributed by atoms with van der Waals surface area (Å²) in [7, 11) is 0. The quantitative estimate of drug-likeness (QED) is 0.337. The number of thiophene rings is 1. The minimum Gasteiger partial charge on any atom is -0.462 e. The molecule has 0 atom stereocenters. The van der Waals surface area contributed by atoms with Crippen LogP contribution in [0.2, 0.25) is 5.02 Å². The predicted octanol–water partition coefficient (Wildman–Crippen LogP) is 6.31. The van der Waals surface area contributed by atoms with E-state index >= 15 is 0 Å². The molecule has 0 fully saturated rings. The molecule has 3 aromatic rings. The fourth-order valence-electron chi connectivity index (χ4n) is 2.53. The second kappa shape index (κ2) is 9.15. The van der Waals surface area contributed by atoms with Crippen molar-refractivity contribution >= 4 is 40.5 Å². The van der Waals surface area contributed by atoms with Crippen LogP contribution in [0.25, 0.3) is 10.4 Å². The number of halogens is 3. The minimum atomic E-state index is -0.999. The van der Waals surface area contributed by atoms with Crippen LogP contribution in [0.3, 0.4) is 0 Å². The van der Waals surface area contributed by atoms with Crippen molar-refractivity contribution in [3.05, 3.63) is 75.9 Å². The van der Waals surface area contributed by atoms with Crippen molar-refractivity contribution in [2.75, 3.05) is 11.7 Å². The molecule has 0 radical (unpaired) electrons. The maximum absolute atomic E-state index is 14.4. The van der Waals surface area contributed by atoms with Gasteiger partial charge >= 0.3 is 5.97 Å². The van der Waals surface area contributed by atoms with Crippen molar-refractivity contribution < 1.29 is 23.2 Å². The summed E-state index contributed by atoms with van der Waals surface area (Å²) in [6, 6.07) is 12.8. The summed E-state index contributed by atoms with van der Waals surface area (Å²) >= 11 is 7.23. The number of hydrogen-bond acceptors (Lipinski definition) is 4. The maximum atomic E-state index is 14.4. The normalized spacial score (nSPS) is 10.6. The van der Waals surface area contributed by atoms with Crippen molar-refractivity contribution in [3.8, 4) is 10.4 Å². The monoisotopic (exact) mass is 435 g/mol. The van der Waals surface area contributed by atoms with Crippen LogP contribution >= 0.6 is 22.9 Å². The first-order valence-corrected chi connectivity index (χ1v) is 9.93. The lowest BCUT2D eigenvalue weighted by Crippen LogP contribution is -2.21. The highest BCUT2D eigenvalue weighted by molar-refractivity contribution is 7.17. The van der Waals surface area contributed by atoms with Crippen molar-refractivity contribution in [1.82, 2.24) is 0 Å². The topological polar surface area (TPSA) is 46.6 Å². The first-order valence-electron chi connectivity index (χ1n) is 8.74. The summed E-state index contributed by atoms with van der Waals surface area (Å²) in [5.74, 6) is -2.32. The van der Waals surface area contributed by atoms with Crippen LogP contribution in [-0.4, -0.2) is 18.5 Å². The zero-order valence-electron chi connectivity index (χ0n) is 15.3. The Labute approximate surface area is 175 Å². The Bertz CT molecular complexity index is 1050. The Hall–Kier alpha value is -2.77. The smallest absolute Gasteiger partial charge is 0.338 e. The molecule has 2 aromatic carbocycles. The van der Waals surface area contributed by atoms with E-state index in [4.69, 9.17) is 16.3 Å². The van der Waals surface area contributed by atoms with Crippen LogP contribution in [0.15, 0.2) is 54.6 Å². The van der Waals surface area contributed by atoms with Crippen LogP contribution in [0, 0.1) is 5.82 Å². The third-order valence-corrected chi connectivity index (χ3v) is 5.40. The van der Waals surface area contributed by atoms with Gasteiger partial charge in [0.2, 0.25) is 0 Å². The molecule has 8 heteroatoms. The number of para-hydroxylation sites is 1. The number of carbonyl (C=O) groups excluding carboxylic acids is 2.